The van der Waals surface area contributed by atoms with Gasteiger partial charge in [-0.25, -0.2) is 4.98 Å². The van der Waals surface area contributed by atoms with E-state index < -0.39 is 0 Å². The Labute approximate surface area is 230 Å². The van der Waals surface area contributed by atoms with Gasteiger partial charge in [-0.2, -0.15) is 4.98 Å². The van der Waals surface area contributed by atoms with Gasteiger partial charge in [-0.1, -0.05) is 6.92 Å². The summed E-state index contributed by atoms with van der Waals surface area (Å²) < 4.78 is 12.5. The number of anilines is 5. The molecule has 0 saturated heterocycles. The molecule has 0 spiro atoms. The van der Waals surface area contributed by atoms with E-state index in [0.29, 0.717) is 24.1 Å². The number of nitrogens with zero attached hydrogens (tertiary/aromatic N) is 6. The summed E-state index contributed by atoms with van der Waals surface area (Å²) in [5, 5.41) is 6.71. The van der Waals surface area contributed by atoms with Crippen molar-refractivity contribution in [2.45, 2.75) is 13.8 Å². The van der Waals surface area contributed by atoms with Gasteiger partial charge in [0, 0.05) is 55.1 Å². The average Bonchev–Trinajstić information content (AvgIpc) is 2.94. The number of nitrogens with one attached hydrogen (secondary N) is 2. The van der Waals surface area contributed by atoms with Gasteiger partial charge in [-0.05, 0) is 48.6 Å². The van der Waals surface area contributed by atoms with E-state index in [4.69, 9.17) is 14.5 Å². The van der Waals surface area contributed by atoms with E-state index >= 15 is 0 Å². The average molecular weight is 580 g/mol. The van der Waals surface area contributed by atoms with Gasteiger partial charge in [-0.3, -0.25) is 9.97 Å². The predicted octanol–water partition coefficient (Wildman–Crippen LogP) is 5.14. The van der Waals surface area contributed by atoms with Crippen LogP contribution in [0.3, 0.4) is 0 Å². The van der Waals surface area contributed by atoms with Crippen LogP contribution >= 0.6 is 15.9 Å². The van der Waals surface area contributed by atoms with Gasteiger partial charge in [0.1, 0.15) is 23.9 Å². The Morgan fingerprint density at radius 1 is 1.13 bits per heavy atom. The molecular formula is C27H31BrN8O2. The number of benzene rings is 2. The van der Waals surface area contributed by atoms with Crippen molar-refractivity contribution in [2.75, 3.05) is 62.5 Å². The van der Waals surface area contributed by atoms with Crippen LogP contribution in [-0.4, -0.2) is 71.8 Å². The van der Waals surface area contributed by atoms with Crippen LogP contribution in [0.5, 0.6) is 11.5 Å². The third kappa shape index (κ3) is 5.44. The number of ether oxygens (including phenoxy) is 2. The first-order valence-corrected chi connectivity index (χ1v) is 13.3. The number of hydrogen-bond acceptors (Lipinski definition) is 10. The quantitative estimate of drug-likeness (QED) is 0.277. The lowest BCUT2D eigenvalue weighted by atomic mass is 10.1. The Hall–Kier alpha value is -3.70. The zero-order valence-corrected chi connectivity index (χ0v) is 23.5. The lowest BCUT2D eigenvalue weighted by Gasteiger charge is -2.33. The highest BCUT2D eigenvalue weighted by molar-refractivity contribution is 9.10. The van der Waals surface area contributed by atoms with E-state index in [0.717, 1.165) is 70.1 Å². The molecule has 0 aliphatic carbocycles. The van der Waals surface area contributed by atoms with Gasteiger partial charge in [0.15, 0.2) is 0 Å². The zero-order valence-electron chi connectivity index (χ0n) is 22.0. The molecule has 0 atom stereocenters. The highest BCUT2D eigenvalue weighted by Crippen LogP contribution is 2.41. The van der Waals surface area contributed by atoms with Crippen molar-refractivity contribution >= 4 is 55.8 Å². The Morgan fingerprint density at radius 2 is 1.97 bits per heavy atom. The molecule has 0 radical (unpaired) electrons. The molecule has 5 rings (SSSR count). The fraction of sp³-hybridized carbons (Fsp3) is 0.333. The van der Waals surface area contributed by atoms with E-state index in [1.165, 1.54) is 0 Å². The zero-order chi connectivity index (χ0) is 26.6. The summed E-state index contributed by atoms with van der Waals surface area (Å²) in [5.74, 6) is 2.53. The van der Waals surface area contributed by atoms with Crippen LogP contribution in [0.15, 0.2) is 47.3 Å². The maximum Gasteiger partial charge on any atom is 0.229 e. The minimum atomic E-state index is 0.421. The second-order valence-corrected chi connectivity index (χ2v) is 9.91. The van der Waals surface area contributed by atoms with Crippen LogP contribution in [0.25, 0.3) is 11.0 Å². The molecule has 198 valence electrons. The van der Waals surface area contributed by atoms with Gasteiger partial charge >= 0.3 is 0 Å². The molecule has 1 aliphatic heterocycles. The minimum absolute atomic E-state index is 0.421. The number of aryl methyl sites for hydroxylation is 1. The highest BCUT2D eigenvalue weighted by atomic mass is 79.9. The van der Waals surface area contributed by atoms with Crippen molar-refractivity contribution in [3.05, 3.63) is 52.9 Å². The molecular weight excluding hydrogens is 548 g/mol. The highest BCUT2D eigenvalue weighted by Gasteiger charge is 2.22. The van der Waals surface area contributed by atoms with Crippen LogP contribution in [0.1, 0.15) is 12.5 Å². The smallest absolute Gasteiger partial charge is 0.229 e. The van der Waals surface area contributed by atoms with Crippen molar-refractivity contribution in [1.82, 2.24) is 24.8 Å². The molecule has 10 nitrogen and oxygen atoms in total. The topological polar surface area (TPSA) is 101 Å². The van der Waals surface area contributed by atoms with Crippen LogP contribution in [0, 0.1) is 6.92 Å². The van der Waals surface area contributed by atoms with Crippen molar-refractivity contribution < 1.29 is 9.47 Å². The SMILES string of the molecule is CCN(C)CCN1CCOc2cc(Nc3ncc(Br)c(Nc4ccc5nccnc5c4C)n3)c(OC)cc21. The van der Waals surface area contributed by atoms with Crippen molar-refractivity contribution in [3.63, 3.8) is 0 Å². The standard InChI is InChI=1S/C27H31BrN8O2/c1-5-35(3)10-11-36-12-13-38-24-14-21(23(37-4)15-22(24)36)33-27-31-16-18(28)26(34-27)32-19-6-7-20-25(17(19)2)30-9-8-29-20/h6-9,14-16H,5,10-13H2,1-4H3,(H2,31,32,33,34). The van der Waals surface area contributed by atoms with Crippen molar-refractivity contribution in [3.8, 4) is 11.5 Å². The number of rotatable bonds is 9. The van der Waals surface area contributed by atoms with Crippen LogP contribution in [0.2, 0.25) is 0 Å². The summed E-state index contributed by atoms with van der Waals surface area (Å²) in [7, 11) is 3.79. The maximum atomic E-state index is 6.01. The van der Waals surface area contributed by atoms with Crippen LogP contribution in [-0.2, 0) is 0 Å². The largest absolute Gasteiger partial charge is 0.494 e. The summed E-state index contributed by atoms with van der Waals surface area (Å²) in [5.41, 5.74) is 5.31. The molecule has 0 amide bonds. The van der Waals surface area contributed by atoms with E-state index in [-0.39, 0.29) is 0 Å². The summed E-state index contributed by atoms with van der Waals surface area (Å²) in [6.07, 6.45) is 5.10. The molecule has 38 heavy (non-hydrogen) atoms. The Balaban J connectivity index is 1.40. The van der Waals surface area contributed by atoms with Gasteiger partial charge in [0.05, 0.1) is 40.5 Å². The maximum absolute atomic E-state index is 6.01. The van der Waals surface area contributed by atoms with E-state index in [1.807, 2.05) is 31.2 Å². The molecule has 2 aromatic carbocycles. The lowest BCUT2D eigenvalue weighted by molar-refractivity contribution is 0.298. The molecule has 1 aliphatic rings. The number of aromatic nitrogens is 4. The first kappa shape index (κ1) is 25.9. The molecule has 3 heterocycles. The molecule has 0 saturated carbocycles. The number of halogens is 1. The number of methoxy groups -OCH3 is 1. The van der Waals surface area contributed by atoms with Gasteiger partial charge in [-0.15, -0.1) is 0 Å². The number of hydrogen-bond donors (Lipinski definition) is 2. The summed E-state index contributed by atoms with van der Waals surface area (Å²) in [6.45, 7) is 8.55. The summed E-state index contributed by atoms with van der Waals surface area (Å²) in [4.78, 5) is 22.7. The molecule has 11 heteroatoms. The third-order valence-corrected chi connectivity index (χ3v) is 7.25. The minimum Gasteiger partial charge on any atom is -0.494 e. The first-order chi connectivity index (χ1) is 18.5. The van der Waals surface area contributed by atoms with Crippen LogP contribution in [0.4, 0.5) is 28.8 Å². The predicted molar refractivity (Wildman–Crippen MR) is 154 cm³/mol. The third-order valence-electron chi connectivity index (χ3n) is 6.67. The molecule has 4 aromatic rings. The molecule has 0 fully saturated rings. The fourth-order valence-corrected chi connectivity index (χ4v) is 4.61. The molecule has 2 N–H and O–H groups in total. The molecule has 2 aromatic heterocycles. The normalized spacial score (nSPS) is 12.8. The Bertz CT molecular complexity index is 1450. The van der Waals surface area contributed by atoms with E-state index in [9.17, 15) is 0 Å². The van der Waals surface area contributed by atoms with Gasteiger partial charge in [0.2, 0.25) is 5.95 Å². The number of likely N-dealkylation sites (N-methyl/N-ethyl adjacent to an activating group) is 1. The monoisotopic (exact) mass is 578 g/mol. The van der Waals surface area contributed by atoms with Gasteiger partial charge in [0.25, 0.3) is 0 Å². The molecule has 0 bridgehead atoms. The first-order valence-electron chi connectivity index (χ1n) is 12.5. The second-order valence-electron chi connectivity index (χ2n) is 9.05. The Morgan fingerprint density at radius 3 is 2.79 bits per heavy atom. The lowest BCUT2D eigenvalue weighted by Crippen LogP contribution is -2.38. The summed E-state index contributed by atoms with van der Waals surface area (Å²) in [6, 6.07) is 7.88. The van der Waals surface area contributed by atoms with E-state index in [1.54, 1.807) is 25.7 Å². The fourth-order valence-electron chi connectivity index (χ4n) is 4.32. The van der Waals surface area contributed by atoms with Crippen molar-refractivity contribution in [1.29, 1.82) is 0 Å². The van der Waals surface area contributed by atoms with Crippen molar-refractivity contribution in [2.24, 2.45) is 0 Å². The van der Waals surface area contributed by atoms with Crippen LogP contribution < -0.4 is 25.0 Å². The number of fused-ring (bicyclic) bond motifs is 2. The van der Waals surface area contributed by atoms with Gasteiger partial charge < -0.3 is 29.9 Å². The Kier molecular flexibility index (Phi) is 7.75. The molecule has 0 unspecified atom stereocenters. The van der Waals surface area contributed by atoms with E-state index in [2.05, 4.69) is 65.3 Å². The summed E-state index contributed by atoms with van der Waals surface area (Å²) >= 11 is 3.56. The second kappa shape index (κ2) is 11.4.